The van der Waals surface area contributed by atoms with Gasteiger partial charge in [-0.2, -0.15) is 4.39 Å². The molecule has 56 valence electrons. The van der Waals surface area contributed by atoms with Crippen molar-refractivity contribution in [2.75, 3.05) is 0 Å². The van der Waals surface area contributed by atoms with Gasteiger partial charge in [0.05, 0.1) is 0 Å². The summed E-state index contributed by atoms with van der Waals surface area (Å²) in [5.41, 5.74) is 1.96. The predicted octanol–water partition coefficient (Wildman–Crippen LogP) is 3.32. The van der Waals surface area contributed by atoms with Crippen LogP contribution in [0.5, 0.6) is 0 Å². The molecule has 1 aromatic rings. The third-order valence-electron chi connectivity index (χ3n) is 1.64. The second kappa shape index (κ2) is 2.70. The lowest BCUT2D eigenvalue weighted by molar-refractivity contribution is 0.644. The molecule has 0 aromatic carbocycles. The standard InChI is InChI=1S/C8H11FS/c1-5(2)7-4-10-8(9)6(7)3/h4-5H,1-3H3. The molecular weight excluding hydrogens is 147 g/mol. The third kappa shape index (κ3) is 1.21. The summed E-state index contributed by atoms with van der Waals surface area (Å²) in [5.74, 6) is 0.445. The van der Waals surface area contributed by atoms with Gasteiger partial charge in [-0.1, -0.05) is 13.8 Å². The van der Waals surface area contributed by atoms with E-state index in [-0.39, 0.29) is 5.13 Å². The molecule has 0 unspecified atom stereocenters. The Morgan fingerprint density at radius 2 is 2.10 bits per heavy atom. The monoisotopic (exact) mass is 158 g/mol. The minimum atomic E-state index is -0.0382. The third-order valence-corrected chi connectivity index (χ3v) is 2.52. The largest absolute Gasteiger partial charge is 0.195 e. The van der Waals surface area contributed by atoms with Crippen LogP contribution in [0.25, 0.3) is 0 Å². The smallest absolute Gasteiger partial charge is 0.179 e. The highest BCUT2D eigenvalue weighted by atomic mass is 32.1. The molecule has 0 spiro atoms. The molecule has 2 heteroatoms. The zero-order valence-corrected chi connectivity index (χ0v) is 7.26. The molecule has 0 bridgehead atoms. The lowest BCUT2D eigenvalue weighted by atomic mass is 10.0. The van der Waals surface area contributed by atoms with Crippen molar-refractivity contribution in [1.82, 2.24) is 0 Å². The Balaban J connectivity index is 3.05. The summed E-state index contributed by atoms with van der Waals surface area (Å²) >= 11 is 1.19. The van der Waals surface area contributed by atoms with Crippen LogP contribution < -0.4 is 0 Å². The Labute approximate surface area is 64.7 Å². The van der Waals surface area contributed by atoms with E-state index in [1.54, 1.807) is 0 Å². The molecular formula is C8H11FS. The van der Waals surface area contributed by atoms with Gasteiger partial charge in [-0.3, -0.25) is 0 Å². The van der Waals surface area contributed by atoms with Gasteiger partial charge in [0.2, 0.25) is 0 Å². The summed E-state index contributed by atoms with van der Waals surface area (Å²) < 4.78 is 12.7. The van der Waals surface area contributed by atoms with Gasteiger partial charge in [0.25, 0.3) is 0 Å². The van der Waals surface area contributed by atoms with E-state index in [2.05, 4.69) is 13.8 Å². The Morgan fingerprint density at radius 3 is 2.30 bits per heavy atom. The van der Waals surface area contributed by atoms with Crippen LogP contribution in [0.15, 0.2) is 5.38 Å². The summed E-state index contributed by atoms with van der Waals surface area (Å²) in [7, 11) is 0. The molecule has 0 atom stereocenters. The Hall–Kier alpha value is -0.370. The van der Waals surface area contributed by atoms with Gasteiger partial charge in [0, 0.05) is 0 Å². The summed E-state index contributed by atoms with van der Waals surface area (Å²) in [4.78, 5) is 0. The fourth-order valence-corrected chi connectivity index (χ4v) is 1.95. The molecule has 0 saturated carbocycles. The van der Waals surface area contributed by atoms with E-state index in [1.165, 1.54) is 11.3 Å². The SMILES string of the molecule is Cc1c(C(C)C)csc1F. The van der Waals surface area contributed by atoms with Crippen LogP contribution in [0.1, 0.15) is 30.9 Å². The van der Waals surface area contributed by atoms with Crippen LogP contribution in [-0.4, -0.2) is 0 Å². The molecule has 1 heterocycles. The first-order chi connectivity index (χ1) is 4.63. The summed E-state index contributed by atoms with van der Waals surface area (Å²) in [6, 6.07) is 0. The number of rotatable bonds is 1. The van der Waals surface area contributed by atoms with Crippen molar-refractivity contribution in [2.45, 2.75) is 26.7 Å². The number of hydrogen-bond acceptors (Lipinski definition) is 1. The van der Waals surface area contributed by atoms with Gasteiger partial charge < -0.3 is 0 Å². The maximum atomic E-state index is 12.7. The van der Waals surface area contributed by atoms with Crippen molar-refractivity contribution in [2.24, 2.45) is 0 Å². The van der Waals surface area contributed by atoms with Crippen LogP contribution in [0.3, 0.4) is 0 Å². The summed E-state index contributed by atoms with van der Waals surface area (Å²) in [6.45, 7) is 5.99. The van der Waals surface area contributed by atoms with Crippen molar-refractivity contribution in [3.8, 4) is 0 Å². The number of halogens is 1. The minimum Gasteiger partial charge on any atom is -0.195 e. The average molecular weight is 158 g/mol. The van der Waals surface area contributed by atoms with Crippen molar-refractivity contribution in [3.63, 3.8) is 0 Å². The molecule has 0 N–H and O–H groups in total. The molecule has 0 aliphatic rings. The van der Waals surface area contributed by atoms with E-state index in [9.17, 15) is 4.39 Å². The highest BCUT2D eigenvalue weighted by Crippen LogP contribution is 2.25. The maximum Gasteiger partial charge on any atom is 0.179 e. The van der Waals surface area contributed by atoms with Crippen molar-refractivity contribution in [3.05, 3.63) is 21.6 Å². The second-order valence-electron chi connectivity index (χ2n) is 2.74. The van der Waals surface area contributed by atoms with E-state index in [0.717, 1.165) is 11.1 Å². The molecule has 0 nitrogen and oxygen atoms in total. The molecule has 0 amide bonds. The highest BCUT2D eigenvalue weighted by Gasteiger charge is 2.08. The topological polar surface area (TPSA) is 0 Å². The zero-order chi connectivity index (χ0) is 7.72. The van der Waals surface area contributed by atoms with E-state index in [1.807, 2.05) is 12.3 Å². The first-order valence-corrected chi connectivity index (χ1v) is 4.24. The number of hydrogen-bond donors (Lipinski definition) is 0. The molecule has 0 radical (unpaired) electrons. The lowest BCUT2D eigenvalue weighted by Crippen LogP contribution is -1.86. The molecule has 0 saturated heterocycles. The Kier molecular flexibility index (Phi) is 2.09. The first-order valence-electron chi connectivity index (χ1n) is 3.36. The van der Waals surface area contributed by atoms with Gasteiger partial charge in [-0.15, -0.1) is 11.3 Å². The van der Waals surface area contributed by atoms with E-state index in [0.29, 0.717) is 5.92 Å². The average Bonchev–Trinajstić information content (AvgIpc) is 2.14. The molecule has 10 heavy (non-hydrogen) atoms. The van der Waals surface area contributed by atoms with Gasteiger partial charge >= 0.3 is 0 Å². The van der Waals surface area contributed by atoms with Crippen LogP contribution >= 0.6 is 11.3 Å². The van der Waals surface area contributed by atoms with Gasteiger partial charge in [0.1, 0.15) is 0 Å². The molecule has 0 fully saturated rings. The second-order valence-corrected chi connectivity index (χ2v) is 3.57. The number of thiophene rings is 1. The molecule has 0 aliphatic heterocycles. The van der Waals surface area contributed by atoms with Crippen LogP contribution in [-0.2, 0) is 0 Å². The fraction of sp³-hybridized carbons (Fsp3) is 0.500. The van der Waals surface area contributed by atoms with Crippen LogP contribution in [0.4, 0.5) is 4.39 Å². The van der Waals surface area contributed by atoms with Gasteiger partial charge in [-0.05, 0) is 29.3 Å². The lowest BCUT2D eigenvalue weighted by Gasteiger charge is -2.01. The van der Waals surface area contributed by atoms with Gasteiger partial charge in [-0.25, -0.2) is 0 Å². The molecule has 0 aliphatic carbocycles. The Bertz CT molecular complexity index is 225. The highest BCUT2D eigenvalue weighted by molar-refractivity contribution is 7.08. The summed E-state index contributed by atoms with van der Waals surface area (Å²) in [5, 5.41) is 1.86. The molecule has 1 aromatic heterocycles. The molecule has 1 rings (SSSR count). The Morgan fingerprint density at radius 1 is 1.50 bits per heavy atom. The normalized spacial score (nSPS) is 10.9. The van der Waals surface area contributed by atoms with E-state index in [4.69, 9.17) is 0 Å². The van der Waals surface area contributed by atoms with Crippen molar-refractivity contribution in [1.29, 1.82) is 0 Å². The maximum absolute atomic E-state index is 12.7. The van der Waals surface area contributed by atoms with Crippen molar-refractivity contribution < 1.29 is 4.39 Å². The van der Waals surface area contributed by atoms with E-state index < -0.39 is 0 Å². The van der Waals surface area contributed by atoms with E-state index >= 15 is 0 Å². The minimum absolute atomic E-state index is 0.0382. The van der Waals surface area contributed by atoms with Crippen LogP contribution in [0.2, 0.25) is 0 Å². The quantitative estimate of drug-likeness (QED) is 0.588. The van der Waals surface area contributed by atoms with Gasteiger partial charge in [0.15, 0.2) is 5.13 Å². The van der Waals surface area contributed by atoms with Crippen molar-refractivity contribution >= 4 is 11.3 Å². The summed E-state index contributed by atoms with van der Waals surface area (Å²) in [6.07, 6.45) is 0. The predicted molar refractivity (Wildman–Crippen MR) is 43.1 cm³/mol. The van der Waals surface area contributed by atoms with Crippen LogP contribution in [0, 0.1) is 12.1 Å². The zero-order valence-electron chi connectivity index (χ0n) is 6.44. The fourth-order valence-electron chi connectivity index (χ4n) is 0.975. The first kappa shape index (κ1) is 7.73.